The van der Waals surface area contributed by atoms with Gasteiger partial charge in [0.2, 0.25) is 21.8 Å². The minimum atomic E-state index is -3.83. The van der Waals surface area contributed by atoms with Gasteiger partial charge < -0.3 is 10.2 Å². The fraction of sp³-hybridized carbons (Fsp3) is 0.391. The van der Waals surface area contributed by atoms with Crippen molar-refractivity contribution < 1.29 is 26.8 Å². The number of nitrogens with one attached hydrogen (secondary N) is 1. The van der Waals surface area contributed by atoms with Gasteiger partial charge in [-0.05, 0) is 42.7 Å². The Morgan fingerprint density at radius 3 is 2.29 bits per heavy atom. The zero-order valence-corrected chi connectivity index (χ0v) is 21.9. The summed E-state index contributed by atoms with van der Waals surface area (Å²) >= 11 is 12.1. The molecule has 35 heavy (non-hydrogen) atoms. The summed E-state index contributed by atoms with van der Waals surface area (Å²) in [6.07, 6.45) is 1.26. The predicted molar refractivity (Wildman–Crippen MR) is 133 cm³/mol. The molecule has 0 unspecified atom stereocenters. The predicted octanol–water partition coefficient (Wildman–Crippen LogP) is 4.37. The van der Waals surface area contributed by atoms with E-state index in [2.05, 4.69) is 5.32 Å². The van der Waals surface area contributed by atoms with Crippen LogP contribution in [-0.4, -0.2) is 51.0 Å². The lowest BCUT2D eigenvalue weighted by Crippen LogP contribution is -2.48. The normalized spacial score (nSPS) is 12.2. The Bertz CT molecular complexity index is 1180. The summed E-state index contributed by atoms with van der Waals surface area (Å²) in [5.41, 5.74) is 0.609. The first-order valence-electron chi connectivity index (χ1n) is 10.8. The average Bonchev–Trinajstić information content (AvgIpc) is 2.79. The summed E-state index contributed by atoms with van der Waals surface area (Å²) in [5, 5.41) is 3.21. The fourth-order valence-corrected chi connectivity index (χ4v) is 4.84. The number of nitrogens with zero attached hydrogens (tertiary/aromatic N) is 2. The molecule has 0 aliphatic rings. The van der Waals surface area contributed by atoms with Crippen molar-refractivity contribution >= 4 is 50.7 Å². The third-order valence-electron chi connectivity index (χ3n) is 5.31. The lowest BCUT2D eigenvalue weighted by atomic mass is 10.1. The molecule has 0 aromatic heterocycles. The highest BCUT2D eigenvalue weighted by Crippen LogP contribution is 2.25. The molecule has 2 aromatic rings. The summed E-state index contributed by atoms with van der Waals surface area (Å²) in [6.45, 7) is 1.71. The van der Waals surface area contributed by atoms with Gasteiger partial charge in [0.25, 0.3) is 0 Å². The Labute approximate surface area is 214 Å². The molecule has 1 N–H and O–H groups in total. The molecule has 0 spiro atoms. The van der Waals surface area contributed by atoms with Gasteiger partial charge >= 0.3 is 0 Å². The molecular formula is C23H27Cl2F2N3O4S. The quantitative estimate of drug-likeness (QED) is 0.450. The minimum absolute atomic E-state index is 0.0525. The Kier molecular flexibility index (Phi) is 10.3. The van der Waals surface area contributed by atoms with Crippen LogP contribution < -0.4 is 9.62 Å². The second-order valence-corrected chi connectivity index (χ2v) is 10.6. The van der Waals surface area contributed by atoms with Crippen molar-refractivity contribution in [3.63, 3.8) is 0 Å². The van der Waals surface area contributed by atoms with Crippen LogP contribution in [0.15, 0.2) is 36.4 Å². The highest BCUT2D eigenvalue weighted by atomic mass is 35.5. The van der Waals surface area contributed by atoms with Crippen LogP contribution in [0.2, 0.25) is 10.0 Å². The lowest BCUT2D eigenvalue weighted by molar-refractivity contribution is -0.141. The Balaban J connectivity index is 2.22. The fourth-order valence-electron chi connectivity index (χ4n) is 3.56. The Morgan fingerprint density at radius 1 is 1.06 bits per heavy atom. The zero-order valence-electron chi connectivity index (χ0n) is 19.5. The van der Waals surface area contributed by atoms with E-state index in [0.29, 0.717) is 22.0 Å². The summed E-state index contributed by atoms with van der Waals surface area (Å²) in [5.74, 6) is -3.02. The van der Waals surface area contributed by atoms with Gasteiger partial charge in [0.15, 0.2) is 11.6 Å². The van der Waals surface area contributed by atoms with Crippen molar-refractivity contribution in [2.45, 2.75) is 38.8 Å². The first kappa shape index (κ1) is 28.8. The molecule has 0 aliphatic heterocycles. The molecule has 7 nitrogen and oxygen atoms in total. The molecular weight excluding hydrogens is 523 g/mol. The van der Waals surface area contributed by atoms with Crippen molar-refractivity contribution in [2.24, 2.45) is 0 Å². The van der Waals surface area contributed by atoms with Crippen LogP contribution in [0.4, 0.5) is 14.5 Å². The standard InChI is InChI=1S/C23H27Cl2F2N3O4S/c1-4-21(23(32)28-2)29(14-15-7-9-17(24)18(25)12-15)22(31)6-5-11-30(35(3,33)34)16-8-10-19(26)20(27)13-16/h7-10,12-13,21H,4-6,11,14H2,1-3H3,(H,28,32)/t21-/m1/s1. The molecule has 0 saturated carbocycles. The number of amides is 2. The van der Waals surface area contributed by atoms with E-state index in [1.54, 1.807) is 25.1 Å². The van der Waals surface area contributed by atoms with E-state index in [1.807, 2.05) is 0 Å². The zero-order chi connectivity index (χ0) is 26.3. The molecule has 0 aliphatic carbocycles. The molecule has 12 heteroatoms. The topological polar surface area (TPSA) is 86.8 Å². The van der Waals surface area contributed by atoms with Gasteiger partial charge in [-0.2, -0.15) is 0 Å². The van der Waals surface area contributed by atoms with Gasteiger partial charge in [-0.25, -0.2) is 17.2 Å². The largest absolute Gasteiger partial charge is 0.357 e. The van der Waals surface area contributed by atoms with Gasteiger partial charge in [-0.3, -0.25) is 13.9 Å². The number of halogens is 4. The molecule has 1 atom stereocenters. The summed E-state index contributed by atoms with van der Waals surface area (Å²) < 4.78 is 52.4. The third kappa shape index (κ3) is 7.78. The number of hydrogen-bond acceptors (Lipinski definition) is 4. The molecule has 2 rings (SSSR count). The number of anilines is 1. The van der Waals surface area contributed by atoms with Crippen LogP contribution in [0.3, 0.4) is 0 Å². The molecule has 0 radical (unpaired) electrons. The van der Waals surface area contributed by atoms with Crippen LogP contribution in [0.5, 0.6) is 0 Å². The molecule has 0 fully saturated rings. The summed E-state index contributed by atoms with van der Waals surface area (Å²) in [6, 6.07) is 6.90. The van der Waals surface area contributed by atoms with Crippen LogP contribution in [-0.2, 0) is 26.2 Å². The highest BCUT2D eigenvalue weighted by molar-refractivity contribution is 7.92. The Morgan fingerprint density at radius 2 is 1.74 bits per heavy atom. The van der Waals surface area contributed by atoms with Crippen LogP contribution in [0, 0.1) is 11.6 Å². The van der Waals surface area contributed by atoms with Gasteiger partial charge in [0.1, 0.15) is 6.04 Å². The SMILES string of the molecule is CC[C@H](C(=O)NC)N(Cc1ccc(Cl)c(Cl)c1)C(=O)CCCN(c1ccc(F)c(F)c1)S(C)(=O)=O. The van der Waals surface area contributed by atoms with Crippen LogP contribution >= 0.6 is 23.2 Å². The van der Waals surface area contributed by atoms with Crippen LogP contribution in [0.1, 0.15) is 31.7 Å². The highest BCUT2D eigenvalue weighted by Gasteiger charge is 2.28. The van der Waals surface area contributed by atoms with E-state index in [9.17, 15) is 26.8 Å². The summed E-state index contributed by atoms with van der Waals surface area (Å²) in [7, 11) is -2.36. The van der Waals surface area contributed by atoms with E-state index in [4.69, 9.17) is 23.2 Å². The van der Waals surface area contributed by atoms with Crippen molar-refractivity contribution in [1.29, 1.82) is 0 Å². The number of benzene rings is 2. The molecule has 2 amide bonds. The van der Waals surface area contributed by atoms with Crippen molar-refractivity contribution in [3.05, 3.63) is 63.6 Å². The van der Waals surface area contributed by atoms with Gasteiger partial charge in [0, 0.05) is 32.6 Å². The monoisotopic (exact) mass is 549 g/mol. The number of carbonyl (C=O) groups is 2. The van der Waals surface area contributed by atoms with Gasteiger partial charge in [-0.15, -0.1) is 0 Å². The average molecular weight is 550 g/mol. The Hall–Kier alpha value is -2.43. The summed E-state index contributed by atoms with van der Waals surface area (Å²) in [4.78, 5) is 27.1. The lowest BCUT2D eigenvalue weighted by Gasteiger charge is -2.31. The first-order chi connectivity index (χ1) is 16.4. The number of hydrogen-bond donors (Lipinski definition) is 1. The first-order valence-corrected chi connectivity index (χ1v) is 13.4. The second kappa shape index (κ2) is 12.5. The molecule has 0 heterocycles. The number of sulfonamides is 1. The number of likely N-dealkylation sites (N-methyl/N-ethyl adjacent to an activating group) is 1. The number of carbonyl (C=O) groups excluding carboxylic acids is 2. The smallest absolute Gasteiger partial charge is 0.242 e. The second-order valence-electron chi connectivity index (χ2n) is 7.85. The van der Waals surface area contributed by atoms with E-state index in [0.717, 1.165) is 28.8 Å². The molecule has 2 aromatic carbocycles. The third-order valence-corrected chi connectivity index (χ3v) is 7.25. The number of rotatable bonds is 11. The van der Waals surface area contributed by atoms with E-state index in [1.165, 1.54) is 11.9 Å². The van der Waals surface area contributed by atoms with E-state index >= 15 is 0 Å². The minimum Gasteiger partial charge on any atom is -0.357 e. The van der Waals surface area contributed by atoms with Crippen molar-refractivity contribution in [1.82, 2.24) is 10.2 Å². The maximum atomic E-state index is 13.7. The van der Waals surface area contributed by atoms with Crippen molar-refractivity contribution in [2.75, 3.05) is 24.2 Å². The van der Waals surface area contributed by atoms with Crippen LogP contribution in [0.25, 0.3) is 0 Å². The molecule has 192 valence electrons. The molecule has 0 bridgehead atoms. The van der Waals surface area contributed by atoms with Crippen molar-refractivity contribution in [3.8, 4) is 0 Å². The van der Waals surface area contributed by atoms with Gasteiger partial charge in [-0.1, -0.05) is 36.2 Å². The maximum Gasteiger partial charge on any atom is 0.242 e. The van der Waals surface area contributed by atoms with E-state index in [-0.39, 0.29) is 43.4 Å². The van der Waals surface area contributed by atoms with E-state index < -0.39 is 27.7 Å². The maximum absolute atomic E-state index is 13.7. The molecule has 0 saturated heterocycles. The van der Waals surface area contributed by atoms with Gasteiger partial charge in [0.05, 0.1) is 22.0 Å².